The van der Waals surface area contributed by atoms with Crippen LogP contribution in [0, 0.1) is 5.82 Å². The standard InChI is InChI=1S/C11H12FN3O/c1-15-7-13-5-9(15)6-14-8-2-3-11(16)10(12)4-8/h2-5,7,14,16H,6H2,1H3. The minimum Gasteiger partial charge on any atom is -0.505 e. The number of nitrogens with zero attached hydrogens (tertiary/aromatic N) is 2. The van der Waals surface area contributed by atoms with Crippen LogP contribution in [-0.4, -0.2) is 14.7 Å². The number of aryl methyl sites for hydroxylation is 1. The van der Waals surface area contributed by atoms with Gasteiger partial charge in [0, 0.05) is 25.0 Å². The molecule has 5 heteroatoms. The zero-order valence-corrected chi connectivity index (χ0v) is 8.81. The van der Waals surface area contributed by atoms with E-state index in [0.29, 0.717) is 12.2 Å². The van der Waals surface area contributed by atoms with Gasteiger partial charge in [0.1, 0.15) is 0 Å². The second-order valence-electron chi connectivity index (χ2n) is 3.52. The lowest BCUT2D eigenvalue weighted by molar-refractivity contribution is 0.432. The van der Waals surface area contributed by atoms with Gasteiger partial charge in [-0.3, -0.25) is 0 Å². The Morgan fingerprint density at radius 2 is 2.31 bits per heavy atom. The molecule has 0 saturated heterocycles. The Balaban J connectivity index is 2.05. The van der Waals surface area contributed by atoms with Crippen molar-refractivity contribution in [2.24, 2.45) is 7.05 Å². The van der Waals surface area contributed by atoms with E-state index in [9.17, 15) is 4.39 Å². The monoisotopic (exact) mass is 221 g/mol. The maximum Gasteiger partial charge on any atom is 0.166 e. The van der Waals surface area contributed by atoms with E-state index in [4.69, 9.17) is 5.11 Å². The van der Waals surface area contributed by atoms with E-state index in [1.54, 1.807) is 18.6 Å². The van der Waals surface area contributed by atoms with E-state index in [0.717, 1.165) is 5.69 Å². The summed E-state index contributed by atoms with van der Waals surface area (Å²) >= 11 is 0. The minimum absolute atomic E-state index is 0.342. The summed E-state index contributed by atoms with van der Waals surface area (Å²) in [5.41, 5.74) is 1.62. The zero-order chi connectivity index (χ0) is 11.5. The Hall–Kier alpha value is -2.04. The van der Waals surface area contributed by atoms with E-state index in [1.165, 1.54) is 12.1 Å². The maximum atomic E-state index is 13.0. The van der Waals surface area contributed by atoms with Crippen molar-refractivity contribution in [1.29, 1.82) is 0 Å². The summed E-state index contributed by atoms with van der Waals surface area (Å²) in [6, 6.07) is 4.20. The van der Waals surface area contributed by atoms with Crippen LogP contribution in [0.15, 0.2) is 30.7 Å². The molecule has 2 N–H and O–H groups in total. The number of hydrogen-bond acceptors (Lipinski definition) is 3. The van der Waals surface area contributed by atoms with E-state index < -0.39 is 5.82 Å². The van der Waals surface area contributed by atoms with Crippen LogP contribution in [0.1, 0.15) is 5.69 Å². The Morgan fingerprint density at radius 1 is 1.50 bits per heavy atom. The van der Waals surface area contributed by atoms with E-state index >= 15 is 0 Å². The molecule has 1 aromatic carbocycles. The van der Waals surface area contributed by atoms with Crippen LogP contribution in [0.2, 0.25) is 0 Å². The first kappa shape index (κ1) is 10.5. The van der Waals surface area contributed by atoms with Crippen LogP contribution in [0.4, 0.5) is 10.1 Å². The molecule has 0 fully saturated rings. The highest BCUT2D eigenvalue weighted by Gasteiger charge is 2.02. The molecule has 1 heterocycles. The largest absolute Gasteiger partial charge is 0.505 e. The Morgan fingerprint density at radius 3 is 2.94 bits per heavy atom. The fourth-order valence-corrected chi connectivity index (χ4v) is 1.36. The van der Waals surface area contributed by atoms with Gasteiger partial charge in [-0.15, -0.1) is 0 Å². The zero-order valence-electron chi connectivity index (χ0n) is 8.81. The number of imidazole rings is 1. The maximum absolute atomic E-state index is 13.0. The van der Waals surface area contributed by atoms with Crippen molar-refractivity contribution >= 4 is 5.69 Å². The number of anilines is 1. The lowest BCUT2D eigenvalue weighted by atomic mass is 10.3. The highest BCUT2D eigenvalue weighted by Crippen LogP contribution is 2.19. The average Bonchev–Trinajstić information content (AvgIpc) is 2.66. The van der Waals surface area contributed by atoms with E-state index in [2.05, 4.69) is 10.3 Å². The van der Waals surface area contributed by atoms with Crippen molar-refractivity contribution in [3.63, 3.8) is 0 Å². The summed E-state index contributed by atoms with van der Waals surface area (Å²) in [5.74, 6) is -0.971. The third-order valence-electron chi connectivity index (χ3n) is 2.34. The second kappa shape index (κ2) is 4.22. The minimum atomic E-state index is -0.630. The highest BCUT2D eigenvalue weighted by atomic mass is 19.1. The van der Waals surface area contributed by atoms with Crippen LogP contribution in [-0.2, 0) is 13.6 Å². The predicted octanol–water partition coefficient (Wildman–Crippen LogP) is 1.88. The molecule has 2 rings (SSSR count). The van der Waals surface area contributed by atoms with Gasteiger partial charge in [0.15, 0.2) is 11.6 Å². The fourth-order valence-electron chi connectivity index (χ4n) is 1.36. The molecule has 0 aliphatic heterocycles. The lowest BCUT2D eigenvalue weighted by Gasteiger charge is -2.07. The summed E-state index contributed by atoms with van der Waals surface area (Å²) in [5, 5.41) is 12.1. The average molecular weight is 221 g/mol. The first-order valence-electron chi connectivity index (χ1n) is 4.84. The van der Waals surface area contributed by atoms with Crippen molar-refractivity contribution in [1.82, 2.24) is 9.55 Å². The summed E-state index contributed by atoms with van der Waals surface area (Å²) in [6.07, 6.45) is 3.44. The van der Waals surface area contributed by atoms with Crippen molar-refractivity contribution in [3.05, 3.63) is 42.2 Å². The van der Waals surface area contributed by atoms with Crippen molar-refractivity contribution in [2.45, 2.75) is 6.54 Å². The molecule has 4 nitrogen and oxygen atoms in total. The smallest absolute Gasteiger partial charge is 0.166 e. The van der Waals surface area contributed by atoms with Crippen molar-refractivity contribution in [2.75, 3.05) is 5.32 Å². The molecule has 0 aliphatic rings. The number of phenols is 1. The molecule has 16 heavy (non-hydrogen) atoms. The SMILES string of the molecule is Cn1cncc1CNc1ccc(O)c(F)c1. The predicted molar refractivity (Wildman–Crippen MR) is 58.6 cm³/mol. The van der Waals surface area contributed by atoms with Gasteiger partial charge in [0.2, 0.25) is 0 Å². The molecule has 1 aromatic heterocycles. The van der Waals surface area contributed by atoms with Crippen LogP contribution in [0.25, 0.3) is 0 Å². The molecule has 0 radical (unpaired) electrons. The summed E-state index contributed by atoms with van der Waals surface area (Å²) in [7, 11) is 1.89. The van der Waals surface area contributed by atoms with Gasteiger partial charge in [-0.25, -0.2) is 9.37 Å². The first-order chi connectivity index (χ1) is 7.66. The van der Waals surface area contributed by atoms with Crippen LogP contribution >= 0.6 is 0 Å². The summed E-state index contributed by atoms with van der Waals surface area (Å²) < 4.78 is 14.9. The summed E-state index contributed by atoms with van der Waals surface area (Å²) in [6.45, 7) is 0.556. The first-order valence-corrected chi connectivity index (χ1v) is 4.84. The second-order valence-corrected chi connectivity index (χ2v) is 3.52. The van der Waals surface area contributed by atoms with E-state index in [1.807, 2.05) is 11.6 Å². The molecule has 0 unspecified atom stereocenters. The molecule has 0 aliphatic carbocycles. The number of aromatic hydroxyl groups is 1. The molecule has 0 saturated carbocycles. The quantitative estimate of drug-likeness (QED) is 0.778. The molecular weight excluding hydrogens is 209 g/mol. The van der Waals surface area contributed by atoms with Gasteiger partial charge in [0.05, 0.1) is 18.6 Å². The van der Waals surface area contributed by atoms with Gasteiger partial charge in [-0.2, -0.15) is 0 Å². The Bertz CT molecular complexity index is 496. The molecule has 0 spiro atoms. The fraction of sp³-hybridized carbons (Fsp3) is 0.182. The number of hydrogen-bond donors (Lipinski definition) is 2. The van der Waals surface area contributed by atoms with Crippen LogP contribution in [0.3, 0.4) is 0 Å². The number of aromatic nitrogens is 2. The Labute approximate surface area is 92.4 Å². The van der Waals surface area contributed by atoms with Crippen LogP contribution in [0.5, 0.6) is 5.75 Å². The van der Waals surface area contributed by atoms with Gasteiger partial charge >= 0.3 is 0 Å². The molecule has 0 amide bonds. The highest BCUT2D eigenvalue weighted by molar-refractivity contribution is 5.46. The molecule has 84 valence electrons. The molecule has 0 bridgehead atoms. The van der Waals surface area contributed by atoms with Gasteiger partial charge in [-0.05, 0) is 12.1 Å². The third-order valence-corrected chi connectivity index (χ3v) is 2.34. The summed E-state index contributed by atoms with van der Waals surface area (Å²) in [4.78, 5) is 3.97. The third kappa shape index (κ3) is 2.13. The molecule has 2 aromatic rings. The number of benzene rings is 1. The molecular formula is C11H12FN3O. The van der Waals surface area contributed by atoms with Gasteiger partial charge in [0.25, 0.3) is 0 Å². The Kier molecular flexibility index (Phi) is 2.76. The van der Waals surface area contributed by atoms with Gasteiger partial charge < -0.3 is 15.0 Å². The van der Waals surface area contributed by atoms with Crippen molar-refractivity contribution in [3.8, 4) is 5.75 Å². The van der Waals surface area contributed by atoms with Crippen molar-refractivity contribution < 1.29 is 9.50 Å². The topological polar surface area (TPSA) is 50.1 Å². The molecule has 0 atom stereocenters. The van der Waals surface area contributed by atoms with Gasteiger partial charge in [-0.1, -0.05) is 0 Å². The normalized spacial score (nSPS) is 10.4. The number of nitrogens with one attached hydrogen (secondary N) is 1. The number of halogens is 1. The number of rotatable bonds is 3. The van der Waals surface area contributed by atoms with Crippen LogP contribution < -0.4 is 5.32 Å². The van der Waals surface area contributed by atoms with E-state index in [-0.39, 0.29) is 5.75 Å². The number of phenolic OH excluding ortho intramolecular Hbond substituents is 1. The lowest BCUT2D eigenvalue weighted by Crippen LogP contribution is -2.03.